The molecule has 1 fully saturated rings. The molecule has 0 spiro atoms. The van der Waals surface area contributed by atoms with Crippen LogP contribution in [0.1, 0.15) is 26.2 Å². The first-order chi connectivity index (χ1) is 9.71. The van der Waals surface area contributed by atoms with Crippen molar-refractivity contribution in [2.75, 3.05) is 46.9 Å². The fraction of sp³-hybridized carbons (Fsp3) is 0.857. The molecule has 1 amide bonds. The van der Waals surface area contributed by atoms with Gasteiger partial charge in [-0.15, -0.1) is 24.0 Å². The quantitative estimate of drug-likeness (QED) is 0.297. The average Bonchev–Trinajstić information content (AvgIpc) is 2.47. The second-order valence-corrected chi connectivity index (χ2v) is 5.04. The molecular formula is C14H29IN4O2. The first kappa shape index (κ1) is 20.4. The summed E-state index contributed by atoms with van der Waals surface area (Å²) in [6.07, 6.45) is 2.73. The highest BCUT2D eigenvalue weighted by Crippen LogP contribution is 2.20. The normalized spacial score (nSPS) is 16.3. The highest BCUT2D eigenvalue weighted by Gasteiger charge is 2.22. The smallest absolute Gasteiger partial charge is 0.220 e. The molecule has 0 aromatic carbocycles. The number of methoxy groups -OCH3 is 1. The van der Waals surface area contributed by atoms with Crippen LogP contribution in [-0.4, -0.2) is 63.7 Å². The largest absolute Gasteiger partial charge is 0.383 e. The van der Waals surface area contributed by atoms with Crippen LogP contribution in [0.5, 0.6) is 0 Å². The molecule has 6 nitrogen and oxygen atoms in total. The van der Waals surface area contributed by atoms with Crippen LogP contribution in [0.25, 0.3) is 0 Å². The van der Waals surface area contributed by atoms with Crippen molar-refractivity contribution >= 4 is 35.8 Å². The number of aliphatic imine (C=N–C) groups is 1. The van der Waals surface area contributed by atoms with Gasteiger partial charge in [0.05, 0.1) is 13.2 Å². The Morgan fingerprint density at radius 3 is 2.57 bits per heavy atom. The van der Waals surface area contributed by atoms with E-state index in [1.165, 1.54) is 0 Å². The summed E-state index contributed by atoms with van der Waals surface area (Å²) in [6.45, 7) is 6.17. The van der Waals surface area contributed by atoms with E-state index in [0.29, 0.717) is 25.5 Å². The van der Waals surface area contributed by atoms with Gasteiger partial charge in [0.2, 0.25) is 5.91 Å². The molecule has 0 radical (unpaired) electrons. The molecular weight excluding hydrogens is 383 g/mol. The molecule has 21 heavy (non-hydrogen) atoms. The van der Waals surface area contributed by atoms with Gasteiger partial charge in [-0.25, -0.2) is 0 Å². The maximum atomic E-state index is 11.4. The minimum absolute atomic E-state index is 0. The molecule has 0 atom stereocenters. The second kappa shape index (κ2) is 12.0. The van der Waals surface area contributed by atoms with Gasteiger partial charge in [0.1, 0.15) is 0 Å². The van der Waals surface area contributed by atoms with E-state index in [4.69, 9.17) is 4.74 Å². The van der Waals surface area contributed by atoms with Crippen LogP contribution in [-0.2, 0) is 9.53 Å². The highest BCUT2D eigenvalue weighted by atomic mass is 127. The van der Waals surface area contributed by atoms with Gasteiger partial charge >= 0.3 is 0 Å². The fourth-order valence-corrected chi connectivity index (χ4v) is 2.38. The van der Waals surface area contributed by atoms with Gasteiger partial charge in [0.25, 0.3) is 0 Å². The Labute approximate surface area is 145 Å². The van der Waals surface area contributed by atoms with Crippen LogP contribution in [0.15, 0.2) is 4.99 Å². The van der Waals surface area contributed by atoms with E-state index in [9.17, 15) is 4.79 Å². The predicted molar refractivity (Wildman–Crippen MR) is 96.3 cm³/mol. The summed E-state index contributed by atoms with van der Waals surface area (Å²) in [5.41, 5.74) is 0. The zero-order valence-corrected chi connectivity index (χ0v) is 15.7. The van der Waals surface area contributed by atoms with Crippen LogP contribution in [0.4, 0.5) is 0 Å². The van der Waals surface area contributed by atoms with Crippen molar-refractivity contribution in [1.82, 2.24) is 15.5 Å². The van der Waals surface area contributed by atoms with E-state index in [1.807, 2.05) is 0 Å². The Morgan fingerprint density at radius 2 is 2.05 bits per heavy atom. The van der Waals surface area contributed by atoms with Gasteiger partial charge in [-0.2, -0.15) is 0 Å². The number of guanidine groups is 1. The summed E-state index contributed by atoms with van der Waals surface area (Å²) in [6, 6.07) is 0. The first-order valence-electron chi connectivity index (χ1n) is 7.44. The molecule has 7 heteroatoms. The molecule has 0 aromatic heterocycles. The Kier molecular flexibility index (Phi) is 11.7. The maximum absolute atomic E-state index is 11.4. The average molecular weight is 412 g/mol. The van der Waals surface area contributed by atoms with E-state index < -0.39 is 0 Å². The van der Waals surface area contributed by atoms with E-state index in [0.717, 1.165) is 38.4 Å². The summed E-state index contributed by atoms with van der Waals surface area (Å²) in [5, 5.41) is 6.02. The summed E-state index contributed by atoms with van der Waals surface area (Å²) >= 11 is 0. The van der Waals surface area contributed by atoms with E-state index in [1.54, 1.807) is 14.2 Å². The van der Waals surface area contributed by atoms with Crippen LogP contribution in [0.2, 0.25) is 0 Å². The Balaban J connectivity index is 0.00000400. The van der Waals surface area contributed by atoms with Crippen LogP contribution in [0.3, 0.4) is 0 Å². The van der Waals surface area contributed by atoms with Crippen LogP contribution >= 0.6 is 24.0 Å². The number of nitrogens with zero attached hydrogens (tertiary/aromatic N) is 2. The van der Waals surface area contributed by atoms with Gasteiger partial charge in [-0.05, 0) is 25.7 Å². The van der Waals surface area contributed by atoms with Gasteiger partial charge < -0.3 is 20.3 Å². The van der Waals surface area contributed by atoms with Crippen molar-refractivity contribution in [3.63, 3.8) is 0 Å². The second-order valence-electron chi connectivity index (χ2n) is 5.04. The lowest BCUT2D eigenvalue weighted by Gasteiger charge is -2.34. The number of rotatable bonds is 6. The number of hydrogen-bond donors (Lipinski definition) is 2. The molecule has 1 heterocycles. The minimum Gasteiger partial charge on any atom is -0.383 e. The topological polar surface area (TPSA) is 66.0 Å². The molecule has 1 saturated heterocycles. The molecule has 2 N–H and O–H groups in total. The number of carbonyl (C=O) groups excluding carboxylic acids is 1. The monoisotopic (exact) mass is 412 g/mol. The third kappa shape index (κ3) is 7.85. The van der Waals surface area contributed by atoms with Crippen LogP contribution in [0, 0.1) is 5.92 Å². The predicted octanol–water partition coefficient (Wildman–Crippen LogP) is 1.06. The van der Waals surface area contributed by atoms with Gasteiger partial charge in [-0.3, -0.25) is 9.79 Å². The number of hydrogen-bond acceptors (Lipinski definition) is 3. The van der Waals surface area contributed by atoms with Crippen molar-refractivity contribution < 1.29 is 9.53 Å². The molecule has 0 aromatic rings. The lowest BCUT2D eigenvalue weighted by molar-refractivity contribution is -0.121. The van der Waals surface area contributed by atoms with E-state index in [2.05, 4.69) is 27.4 Å². The Hall–Kier alpha value is -0.570. The number of ether oxygens (including phenoxy) is 1. The van der Waals surface area contributed by atoms with Crippen molar-refractivity contribution in [2.45, 2.75) is 26.2 Å². The number of amides is 1. The Bertz CT molecular complexity index is 318. The van der Waals surface area contributed by atoms with Crippen molar-refractivity contribution in [1.29, 1.82) is 0 Å². The molecule has 1 aliphatic rings. The molecule has 0 unspecified atom stereocenters. The molecule has 124 valence electrons. The molecule has 1 aliphatic heterocycles. The molecule has 0 saturated carbocycles. The van der Waals surface area contributed by atoms with E-state index >= 15 is 0 Å². The number of halogens is 1. The van der Waals surface area contributed by atoms with Crippen LogP contribution < -0.4 is 10.6 Å². The Morgan fingerprint density at radius 1 is 1.38 bits per heavy atom. The standard InChI is InChI=1S/C14H28N4O2.HI/c1-4-16-14(17-7-10-20-3)18-8-5-12(6-9-18)11-13(19)15-2;/h12H,4-11H2,1-3H3,(H,15,19)(H,16,17);1H. The van der Waals surface area contributed by atoms with Crippen molar-refractivity contribution in [3.05, 3.63) is 0 Å². The SMILES string of the molecule is CCNC(=NCCOC)N1CCC(CC(=O)NC)CC1.I. The highest BCUT2D eigenvalue weighted by molar-refractivity contribution is 14.0. The van der Waals surface area contributed by atoms with E-state index in [-0.39, 0.29) is 29.9 Å². The van der Waals surface area contributed by atoms with Crippen molar-refractivity contribution in [3.8, 4) is 0 Å². The van der Waals surface area contributed by atoms with Gasteiger partial charge in [0.15, 0.2) is 5.96 Å². The number of likely N-dealkylation sites (tertiary alicyclic amines) is 1. The summed E-state index contributed by atoms with van der Waals surface area (Å²) in [5.74, 6) is 1.60. The summed E-state index contributed by atoms with van der Waals surface area (Å²) < 4.78 is 5.03. The third-order valence-electron chi connectivity index (χ3n) is 3.56. The maximum Gasteiger partial charge on any atom is 0.220 e. The molecule has 0 bridgehead atoms. The first-order valence-corrected chi connectivity index (χ1v) is 7.44. The lowest BCUT2D eigenvalue weighted by atomic mass is 9.93. The third-order valence-corrected chi connectivity index (χ3v) is 3.56. The van der Waals surface area contributed by atoms with Crippen molar-refractivity contribution in [2.24, 2.45) is 10.9 Å². The number of carbonyl (C=O) groups is 1. The minimum atomic E-state index is 0. The van der Waals surface area contributed by atoms with Gasteiger partial charge in [-0.1, -0.05) is 0 Å². The molecule has 0 aliphatic carbocycles. The zero-order valence-electron chi connectivity index (χ0n) is 13.4. The molecule has 1 rings (SSSR count). The summed E-state index contributed by atoms with van der Waals surface area (Å²) in [4.78, 5) is 18.2. The fourth-order valence-electron chi connectivity index (χ4n) is 2.38. The van der Waals surface area contributed by atoms with Gasteiger partial charge in [0, 0.05) is 40.2 Å². The number of piperidine rings is 1. The summed E-state index contributed by atoms with van der Waals surface area (Å²) in [7, 11) is 3.38. The number of nitrogens with one attached hydrogen (secondary N) is 2. The zero-order chi connectivity index (χ0) is 14.8. The lowest BCUT2D eigenvalue weighted by Crippen LogP contribution is -2.46.